The molecule has 59 heavy (non-hydrogen) atoms. The molecule has 0 aromatic rings. The molecule has 344 valence electrons. The van der Waals surface area contributed by atoms with Crippen LogP contribution in [0.25, 0.3) is 0 Å². The third-order valence-corrected chi connectivity index (χ3v) is 10.9. The second-order valence-electron chi connectivity index (χ2n) is 17.4. The van der Waals surface area contributed by atoms with Gasteiger partial charge in [-0.15, -0.1) is 0 Å². The Balaban J connectivity index is 4.51. The van der Waals surface area contributed by atoms with Gasteiger partial charge in [-0.1, -0.05) is 147 Å². The predicted octanol–water partition coefficient (Wildman–Crippen LogP) is 13.5. The van der Waals surface area contributed by atoms with Crippen molar-refractivity contribution in [2.24, 2.45) is 0 Å². The smallest absolute Gasteiger partial charge is 0.220 e. The summed E-state index contributed by atoms with van der Waals surface area (Å²) in [4.78, 5) is 50.2. The van der Waals surface area contributed by atoms with Gasteiger partial charge in [0.25, 0.3) is 0 Å². The number of Topliss-reactive ketones (excluding diaryl/α,β-unsaturated/α-hetero) is 2. The van der Waals surface area contributed by atoms with Crippen molar-refractivity contribution >= 4 is 23.4 Å². The Bertz CT molecular complexity index is 1070. The Morgan fingerprint density at radius 2 is 0.847 bits per heavy atom. The Morgan fingerprint density at radius 3 is 1.27 bits per heavy atom. The summed E-state index contributed by atoms with van der Waals surface area (Å²) in [6.45, 7) is 10.6. The molecule has 1 unspecified atom stereocenters. The molecule has 2 N–H and O–H groups in total. The Kier molecular flexibility index (Phi) is 40.7. The van der Waals surface area contributed by atoms with Gasteiger partial charge in [-0.25, -0.2) is 0 Å². The standard InChI is InChI=1S/C51H94N2O6/c1-6-8-10-12-14-16-18-20-22-24-26-28-30-32-34-36-42-50(57)53-47(48(55)40-38-44-59-51(4,5)58-43-37-39-46(3)54)45-52-49(56)41-35-33-31-29-27-25-23-21-19-17-15-13-11-9-7-2/h21-24,47H,6-20,25-45H2,1-5H3,(H,52,56)(H,53,57)/b23-21-,24-22-. The maximum absolute atomic E-state index is 13.3. The number of carbonyl (C=O) groups is 4. The number of hydrogen-bond acceptors (Lipinski definition) is 6. The van der Waals surface area contributed by atoms with Gasteiger partial charge in [-0.05, 0) is 97.8 Å². The van der Waals surface area contributed by atoms with Crippen molar-refractivity contribution in [1.82, 2.24) is 10.6 Å². The summed E-state index contributed by atoms with van der Waals surface area (Å²) in [5.74, 6) is -1.01. The third-order valence-electron chi connectivity index (χ3n) is 10.9. The summed E-state index contributed by atoms with van der Waals surface area (Å²) in [5, 5.41) is 5.87. The molecule has 2 amide bonds. The fourth-order valence-corrected chi connectivity index (χ4v) is 7.12. The molecule has 0 aliphatic rings. The number of unbranched alkanes of at least 4 members (excludes halogenated alkanes) is 23. The number of carbonyl (C=O) groups excluding carboxylic acids is 4. The summed E-state index contributed by atoms with van der Waals surface area (Å²) in [6, 6.07) is -0.760. The lowest BCUT2D eigenvalue weighted by Gasteiger charge is -2.26. The molecule has 0 spiro atoms. The van der Waals surface area contributed by atoms with Crippen LogP contribution in [-0.2, 0) is 28.7 Å². The van der Waals surface area contributed by atoms with Crippen molar-refractivity contribution in [2.45, 2.75) is 258 Å². The molecule has 0 aromatic heterocycles. The van der Waals surface area contributed by atoms with Gasteiger partial charge in [0.2, 0.25) is 11.8 Å². The molecule has 0 fully saturated rings. The van der Waals surface area contributed by atoms with Gasteiger partial charge in [0, 0.05) is 32.2 Å². The normalized spacial score (nSPS) is 12.4. The van der Waals surface area contributed by atoms with Crippen molar-refractivity contribution in [3.05, 3.63) is 24.3 Å². The largest absolute Gasteiger partial charge is 0.354 e. The van der Waals surface area contributed by atoms with E-state index in [9.17, 15) is 19.2 Å². The molecule has 0 bridgehead atoms. The average Bonchev–Trinajstić information content (AvgIpc) is 3.20. The fourth-order valence-electron chi connectivity index (χ4n) is 7.12. The van der Waals surface area contributed by atoms with Crippen LogP contribution in [0.3, 0.4) is 0 Å². The molecule has 1 atom stereocenters. The van der Waals surface area contributed by atoms with E-state index in [4.69, 9.17) is 9.47 Å². The van der Waals surface area contributed by atoms with Crippen molar-refractivity contribution in [3.8, 4) is 0 Å². The van der Waals surface area contributed by atoms with E-state index in [0.29, 0.717) is 45.3 Å². The van der Waals surface area contributed by atoms with Crippen LogP contribution in [0, 0.1) is 0 Å². The van der Waals surface area contributed by atoms with E-state index in [1.54, 1.807) is 6.92 Å². The van der Waals surface area contributed by atoms with Crippen LogP contribution in [0.5, 0.6) is 0 Å². The van der Waals surface area contributed by atoms with Crippen LogP contribution in [0.4, 0.5) is 0 Å². The summed E-state index contributed by atoms with van der Waals surface area (Å²) >= 11 is 0. The van der Waals surface area contributed by atoms with Crippen molar-refractivity contribution in [2.75, 3.05) is 19.8 Å². The maximum atomic E-state index is 13.3. The zero-order chi connectivity index (χ0) is 43.5. The zero-order valence-corrected chi connectivity index (χ0v) is 39.3. The summed E-state index contributed by atoms with van der Waals surface area (Å²) < 4.78 is 11.7. The molecule has 0 saturated heterocycles. The Labute approximate surface area is 364 Å². The first-order valence-corrected chi connectivity index (χ1v) is 24.8. The minimum absolute atomic E-state index is 0.0747. The maximum Gasteiger partial charge on any atom is 0.220 e. The van der Waals surface area contributed by atoms with Crippen LogP contribution in [-0.4, -0.2) is 55.0 Å². The van der Waals surface area contributed by atoms with E-state index in [1.165, 1.54) is 116 Å². The molecule has 0 rings (SSSR count). The molecule has 0 heterocycles. The van der Waals surface area contributed by atoms with Crippen LogP contribution >= 0.6 is 0 Å². The van der Waals surface area contributed by atoms with Gasteiger partial charge in [0.05, 0.1) is 13.2 Å². The lowest BCUT2D eigenvalue weighted by Crippen LogP contribution is -2.48. The minimum Gasteiger partial charge on any atom is -0.354 e. The molecule has 0 aliphatic carbocycles. The minimum atomic E-state index is -0.824. The Hall–Kier alpha value is -2.32. The second-order valence-corrected chi connectivity index (χ2v) is 17.4. The van der Waals surface area contributed by atoms with Gasteiger partial charge >= 0.3 is 0 Å². The number of ketones is 2. The number of allylic oxidation sites excluding steroid dienone is 4. The highest BCUT2D eigenvalue weighted by Crippen LogP contribution is 2.15. The molecule has 0 radical (unpaired) electrons. The lowest BCUT2D eigenvalue weighted by atomic mass is 10.1. The molecule has 0 saturated carbocycles. The highest BCUT2D eigenvalue weighted by Gasteiger charge is 2.23. The van der Waals surface area contributed by atoms with Gasteiger partial charge in [-0.2, -0.15) is 0 Å². The van der Waals surface area contributed by atoms with Gasteiger partial charge < -0.3 is 24.9 Å². The lowest BCUT2D eigenvalue weighted by molar-refractivity contribution is -0.214. The number of rotatable bonds is 45. The summed E-state index contributed by atoms with van der Waals surface area (Å²) in [7, 11) is 0. The highest BCUT2D eigenvalue weighted by atomic mass is 16.7. The van der Waals surface area contributed by atoms with E-state index >= 15 is 0 Å². The van der Waals surface area contributed by atoms with Crippen molar-refractivity contribution in [1.29, 1.82) is 0 Å². The molecule has 0 aromatic carbocycles. The summed E-state index contributed by atoms with van der Waals surface area (Å²) in [5.41, 5.74) is 0. The second kappa shape index (κ2) is 42.4. The fraction of sp³-hybridized carbons (Fsp3) is 0.843. The Morgan fingerprint density at radius 1 is 0.475 bits per heavy atom. The van der Waals surface area contributed by atoms with E-state index in [1.807, 2.05) is 13.8 Å². The van der Waals surface area contributed by atoms with E-state index in [2.05, 4.69) is 48.8 Å². The van der Waals surface area contributed by atoms with Gasteiger partial charge in [0.1, 0.15) is 11.8 Å². The number of hydrogen-bond donors (Lipinski definition) is 2. The van der Waals surface area contributed by atoms with Crippen LogP contribution in [0.2, 0.25) is 0 Å². The topological polar surface area (TPSA) is 111 Å². The molecule has 0 aliphatic heterocycles. The average molecular weight is 831 g/mol. The molecule has 8 nitrogen and oxygen atoms in total. The number of ether oxygens (including phenoxy) is 2. The number of nitrogens with one attached hydrogen (secondary N) is 2. The van der Waals surface area contributed by atoms with E-state index < -0.39 is 11.8 Å². The van der Waals surface area contributed by atoms with E-state index in [0.717, 1.165) is 57.8 Å². The molecular formula is C51H94N2O6. The first-order chi connectivity index (χ1) is 28.6. The third kappa shape index (κ3) is 42.2. The predicted molar refractivity (Wildman–Crippen MR) is 249 cm³/mol. The zero-order valence-electron chi connectivity index (χ0n) is 39.3. The SMILES string of the molecule is CCCCCCCC/C=C\CCCCCCCC(=O)NCC(NC(=O)CCCCCCC/C=C\CCCCCCCCC)C(=O)CCCOC(C)(C)OCCCC(C)=O. The number of amides is 2. The van der Waals surface area contributed by atoms with Gasteiger partial charge in [0.15, 0.2) is 11.6 Å². The van der Waals surface area contributed by atoms with Crippen molar-refractivity contribution < 1.29 is 28.7 Å². The molecule has 8 heteroatoms. The highest BCUT2D eigenvalue weighted by molar-refractivity contribution is 5.89. The summed E-state index contributed by atoms with van der Waals surface area (Å²) in [6.07, 6.45) is 44.7. The first kappa shape index (κ1) is 56.7. The quantitative estimate of drug-likeness (QED) is 0.0359. The van der Waals surface area contributed by atoms with Crippen LogP contribution in [0.15, 0.2) is 24.3 Å². The molecular weight excluding hydrogens is 737 g/mol. The van der Waals surface area contributed by atoms with Crippen molar-refractivity contribution in [3.63, 3.8) is 0 Å². The van der Waals surface area contributed by atoms with Crippen LogP contribution in [0.1, 0.15) is 247 Å². The first-order valence-electron chi connectivity index (χ1n) is 24.8. The van der Waals surface area contributed by atoms with E-state index in [-0.39, 0.29) is 36.3 Å². The van der Waals surface area contributed by atoms with Gasteiger partial charge in [-0.3, -0.25) is 14.4 Å². The monoisotopic (exact) mass is 831 g/mol. The van der Waals surface area contributed by atoms with Crippen LogP contribution < -0.4 is 10.6 Å².